The first-order chi connectivity index (χ1) is 16.6. The molecule has 1 amide bonds. The lowest BCUT2D eigenvalue weighted by atomic mass is 9.99. The zero-order valence-corrected chi connectivity index (χ0v) is 19.5. The standard InChI is InChI=1S/C28H29NO5/c1-3-33-26(30)18-17-25-28(31)29(19-20-9-5-4-6-10-20)24-12-8-7-11-23(24)27(34-25)21-13-15-22(32-2)16-14-21/h4-16,25,27H,3,17-19H2,1-2H3/t25-,27-/m1/s1. The second-order valence-corrected chi connectivity index (χ2v) is 8.09. The van der Waals surface area contributed by atoms with Gasteiger partial charge in [0.05, 0.1) is 25.9 Å². The molecule has 4 rings (SSSR count). The van der Waals surface area contributed by atoms with Crippen molar-refractivity contribution in [3.05, 3.63) is 95.6 Å². The van der Waals surface area contributed by atoms with E-state index in [0.29, 0.717) is 13.2 Å². The summed E-state index contributed by atoms with van der Waals surface area (Å²) in [6, 6.07) is 25.3. The minimum atomic E-state index is -0.798. The van der Waals surface area contributed by atoms with Gasteiger partial charge in [0.1, 0.15) is 18.0 Å². The Morgan fingerprint density at radius 2 is 1.68 bits per heavy atom. The minimum Gasteiger partial charge on any atom is -0.497 e. The van der Waals surface area contributed by atoms with E-state index in [9.17, 15) is 9.59 Å². The Balaban J connectivity index is 1.74. The summed E-state index contributed by atoms with van der Waals surface area (Å²) in [5, 5.41) is 0. The van der Waals surface area contributed by atoms with Gasteiger partial charge in [-0.3, -0.25) is 9.59 Å². The van der Waals surface area contributed by atoms with E-state index in [0.717, 1.165) is 28.1 Å². The van der Waals surface area contributed by atoms with Crippen LogP contribution in [0.1, 0.15) is 42.6 Å². The molecule has 6 nitrogen and oxygen atoms in total. The van der Waals surface area contributed by atoms with Crippen LogP contribution in [0.25, 0.3) is 0 Å². The lowest BCUT2D eigenvalue weighted by molar-refractivity contribution is -0.145. The number of benzene rings is 3. The number of rotatable bonds is 8. The average Bonchev–Trinajstić information content (AvgIpc) is 2.99. The van der Waals surface area contributed by atoms with Crippen molar-refractivity contribution in [2.75, 3.05) is 18.6 Å². The fraction of sp³-hybridized carbons (Fsp3) is 0.286. The fourth-order valence-corrected chi connectivity index (χ4v) is 4.18. The number of methoxy groups -OCH3 is 1. The highest BCUT2D eigenvalue weighted by Gasteiger charge is 2.36. The van der Waals surface area contributed by atoms with Crippen LogP contribution in [-0.4, -0.2) is 31.7 Å². The monoisotopic (exact) mass is 459 g/mol. The number of amides is 1. The van der Waals surface area contributed by atoms with E-state index in [1.807, 2.05) is 78.9 Å². The average molecular weight is 460 g/mol. The topological polar surface area (TPSA) is 65.1 Å². The Morgan fingerprint density at radius 3 is 2.38 bits per heavy atom. The zero-order valence-electron chi connectivity index (χ0n) is 19.5. The van der Waals surface area contributed by atoms with Crippen molar-refractivity contribution in [3.8, 4) is 5.75 Å². The molecule has 1 aliphatic rings. The first kappa shape index (κ1) is 23.5. The molecule has 0 N–H and O–H groups in total. The number of para-hydroxylation sites is 1. The highest BCUT2D eigenvalue weighted by atomic mass is 16.5. The molecule has 1 heterocycles. The molecule has 3 aromatic rings. The van der Waals surface area contributed by atoms with Gasteiger partial charge >= 0.3 is 5.97 Å². The van der Waals surface area contributed by atoms with Crippen LogP contribution in [0.15, 0.2) is 78.9 Å². The Kier molecular flexibility index (Phi) is 7.60. The molecule has 0 aromatic heterocycles. The van der Waals surface area contributed by atoms with Crippen molar-refractivity contribution < 1.29 is 23.8 Å². The molecule has 0 bridgehead atoms. The molecule has 0 fully saturated rings. The van der Waals surface area contributed by atoms with E-state index in [1.54, 1.807) is 18.9 Å². The third-order valence-electron chi connectivity index (χ3n) is 5.87. The maximum Gasteiger partial charge on any atom is 0.305 e. The van der Waals surface area contributed by atoms with Crippen molar-refractivity contribution >= 4 is 17.6 Å². The Bertz CT molecular complexity index is 1110. The van der Waals surface area contributed by atoms with Crippen LogP contribution in [0.4, 0.5) is 5.69 Å². The number of nitrogens with zero attached hydrogens (tertiary/aromatic N) is 1. The van der Waals surface area contributed by atoms with E-state index in [-0.39, 0.29) is 24.7 Å². The van der Waals surface area contributed by atoms with Crippen molar-refractivity contribution in [2.24, 2.45) is 0 Å². The van der Waals surface area contributed by atoms with Gasteiger partial charge in [0.15, 0.2) is 0 Å². The van der Waals surface area contributed by atoms with E-state index in [2.05, 4.69) is 0 Å². The normalized spacial score (nSPS) is 17.6. The molecule has 1 aliphatic heterocycles. The van der Waals surface area contributed by atoms with Crippen molar-refractivity contribution in [1.82, 2.24) is 0 Å². The maximum absolute atomic E-state index is 13.8. The van der Waals surface area contributed by atoms with Gasteiger partial charge in [-0.1, -0.05) is 60.7 Å². The van der Waals surface area contributed by atoms with Crippen molar-refractivity contribution in [3.63, 3.8) is 0 Å². The van der Waals surface area contributed by atoms with Gasteiger partial charge < -0.3 is 19.1 Å². The smallest absolute Gasteiger partial charge is 0.305 e. The number of hydrogen-bond donors (Lipinski definition) is 0. The molecule has 0 saturated heterocycles. The summed E-state index contributed by atoms with van der Waals surface area (Å²) < 4.78 is 16.9. The first-order valence-electron chi connectivity index (χ1n) is 11.5. The molecule has 6 heteroatoms. The lowest BCUT2D eigenvalue weighted by Crippen LogP contribution is -2.39. The van der Waals surface area contributed by atoms with Crippen molar-refractivity contribution in [2.45, 2.75) is 38.5 Å². The summed E-state index contributed by atoms with van der Waals surface area (Å²) >= 11 is 0. The summed E-state index contributed by atoms with van der Waals surface area (Å²) in [4.78, 5) is 27.6. The van der Waals surface area contributed by atoms with Crippen LogP contribution in [0.3, 0.4) is 0 Å². The van der Waals surface area contributed by atoms with Crippen LogP contribution in [0.2, 0.25) is 0 Å². The largest absolute Gasteiger partial charge is 0.497 e. The van der Waals surface area contributed by atoms with Gasteiger partial charge in [-0.05, 0) is 42.7 Å². The molecule has 176 valence electrons. The molecule has 0 aliphatic carbocycles. The van der Waals surface area contributed by atoms with Gasteiger partial charge in [-0.15, -0.1) is 0 Å². The SMILES string of the molecule is CCOC(=O)CC[C@H]1O[C@H](c2ccc(OC)cc2)c2ccccc2N(Cc2ccccc2)C1=O. The second kappa shape index (κ2) is 11.0. The van der Waals surface area contributed by atoms with Gasteiger partial charge in [-0.25, -0.2) is 0 Å². The molecule has 0 radical (unpaired) electrons. The quantitative estimate of drug-likeness (QED) is 0.441. The van der Waals surface area contributed by atoms with Crippen LogP contribution in [-0.2, 0) is 25.6 Å². The third kappa shape index (κ3) is 5.29. The highest BCUT2D eigenvalue weighted by molar-refractivity contribution is 5.98. The molecule has 0 spiro atoms. The second-order valence-electron chi connectivity index (χ2n) is 8.09. The molecule has 3 aromatic carbocycles. The lowest BCUT2D eigenvalue weighted by Gasteiger charge is -2.25. The number of ether oxygens (including phenoxy) is 3. The van der Waals surface area contributed by atoms with Crippen LogP contribution >= 0.6 is 0 Å². The van der Waals surface area contributed by atoms with Crippen molar-refractivity contribution in [1.29, 1.82) is 0 Å². The molecule has 34 heavy (non-hydrogen) atoms. The molecular formula is C28H29NO5. The van der Waals surface area contributed by atoms with E-state index in [1.165, 1.54) is 0 Å². The Hall–Kier alpha value is -3.64. The Labute approximate surface area is 200 Å². The highest BCUT2D eigenvalue weighted by Crippen LogP contribution is 2.39. The predicted octanol–water partition coefficient (Wildman–Crippen LogP) is 5.06. The fourth-order valence-electron chi connectivity index (χ4n) is 4.18. The van der Waals surface area contributed by atoms with Gasteiger partial charge in [0.2, 0.25) is 0 Å². The third-order valence-corrected chi connectivity index (χ3v) is 5.87. The number of hydrogen-bond acceptors (Lipinski definition) is 5. The Morgan fingerprint density at radius 1 is 0.971 bits per heavy atom. The summed E-state index contributed by atoms with van der Waals surface area (Å²) in [5.74, 6) is 0.235. The number of fused-ring (bicyclic) bond motifs is 1. The molecular weight excluding hydrogens is 430 g/mol. The maximum atomic E-state index is 13.8. The zero-order chi connectivity index (χ0) is 23.9. The van der Waals surface area contributed by atoms with Crippen LogP contribution < -0.4 is 9.64 Å². The van der Waals surface area contributed by atoms with E-state index >= 15 is 0 Å². The summed E-state index contributed by atoms with van der Waals surface area (Å²) in [6.07, 6.45) is -0.926. The number of esters is 1. The molecule has 2 atom stereocenters. The van der Waals surface area contributed by atoms with E-state index in [4.69, 9.17) is 14.2 Å². The van der Waals surface area contributed by atoms with Gasteiger partial charge in [0, 0.05) is 12.0 Å². The van der Waals surface area contributed by atoms with Gasteiger partial charge in [0.25, 0.3) is 5.91 Å². The number of carbonyl (C=O) groups excluding carboxylic acids is 2. The number of anilines is 1. The van der Waals surface area contributed by atoms with Gasteiger partial charge in [-0.2, -0.15) is 0 Å². The summed E-state index contributed by atoms with van der Waals surface area (Å²) in [5.41, 5.74) is 3.62. The van der Waals surface area contributed by atoms with E-state index < -0.39 is 12.2 Å². The summed E-state index contributed by atoms with van der Waals surface area (Å²) in [7, 11) is 1.62. The minimum absolute atomic E-state index is 0.106. The number of carbonyl (C=O) groups is 2. The molecule has 0 unspecified atom stereocenters. The van der Waals surface area contributed by atoms with Crippen LogP contribution in [0, 0.1) is 0 Å². The first-order valence-corrected chi connectivity index (χ1v) is 11.5. The summed E-state index contributed by atoms with van der Waals surface area (Å²) in [6.45, 7) is 2.48. The van der Waals surface area contributed by atoms with Crippen LogP contribution in [0.5, 0.6) is 5.75 Å². The predicted molar refractivity (Wildman–Crippen MR) is 130 cm³/mol. The molecule has 0 saturated carbocycles.